The van der Waals surface area contributed by atoms with Crippen molar-refractivity contribution in [2.45, 2.75) is 13.8 Å². The molecule has 0 aliphatic carbocycles. The summed E-state index contributed by atoms with van der Waals surface area (Å²) in [6.45, 7) is 3.62. The van der Waals surface area contributed by atoms with E-state index in [1.54, 1.807) is 32.0 Å². The lowest BCUT2D eigenvalue weighted by molar-refractivity contribution is -0.384. The molecule has 0 N–H and O–H groups in total. The summed E-state index contributed by atoms with van der Waals surface area (Å²) in [4.78, 5) is 27.7. The van der Waals surface area contributed by atoms with Crippen molar-refractivity contribution < 1.29 is 14.5 Å². The van der Waals surface area contributed by atoms with E-state index in [0.29, 0.717) is 43.6 Å². The molecule has 0 spiro atoms. The molecule has 0 radical (unpaired) electrons. The Hall–Kier alpha value is -3.56. The molecule has 4 rings (SSSR count). The zero-order valence-corrected chi connectivity index (χ0v) is 18.4. The first-order chi connectivity index (χ1) is 15.3. The maximum Gasteiger partial charge on any atom is 0.361 e. The Morgan fingerprint density at radius 3 is 2.56 bits per heavy atom. The van der Waals surface area contributed by atoms with Crippen LogP contribution in [-0.2, 0) is 4.74 Å². The van der Waals surface area contributed by atoms with Crippen molar-refractivity contribution in [1.82, 2.24) is 20.0 Å². The van der Waals surface area contributed by atoms with Gasteiger partial charge in [-0.05, 0) is 44.2 Å². The third-order valence-corrected chi connectivity index (χ3v) is 5.17. The summed E-state index contributed by atoms with van der Waals surface area (Å²) in [6.07, 6.45) is 0. The smallest absolute Gasteiger partial charge is 0.361 e. The SMILES string of the molecule is CCOC(=O)c1nnn(-c2cc(C)nc3cc(Cl)cc(Cl)c23)c1-c1ccc([N+](=O)[O-])cc1. The number of esters is 1. The van der Waals surface area contributed by atoms with Gasteiger partial charge in [0.2, 0.25) is 0 Å². The monoisotopic (exact) mass is 471 g/mol. The molecule has 11 heteroatoms. The lowest BCUT2D eigenvalue weighted by Gasteiger charge is -2.13. The standard InChI is InChI=1S/C21H15Cl2N5O4/c1-3-32-21(29)19-20(12-4-6-14(7-5-12)28(30)31)27(26-25-19)17-8-11(2)24-16-10-13(22)9-15(23)18(16)17/h4-10H,3H2,1-2H3. The zero-order chi connectivity index (χ0) is 23.0. The van der Waals surface area contributed by atoms with Crippen molar-refractivity contribution in [2.24, 2.45) is 0 Å². The Morgan fingerprint density at radius 1 is 1.19 bits per heavy atom. The number of halogens is 2. The summed E-state index contributed by atoms with van der Waals surface area (Å²) in [5.41, 5.74) is 2.38. The molecule has 2 aromatic carbocycles. The van der Waals surface area contributed by atoms with Gasteiger partial charge in [0, 0.05) is 33.8 Å². The fraction of sp³-hybridized carbons (Fsp3) is 0.143. The van der Waals surface area contributed by atoms with E-state index in [0.717, 1.165) is 0 Å². The maximum absolute atomic E-state index is 12.6. The first-order valence-corrected chi connectivity index (χ1v) is 10.2. The van der Waals surface area contributed by atoms with Gasteiger partial charge in [-0.15, -0.1) is 5.10 Å². The highest BCUT2D eigenvalue weighted by Gasteiger charge is 2.25. The van der Waals surface area contributed by atoms with E-state index >= 15 is 0 Å². The van der Waals surface area contributed by atoms with Gasteiger partial charge in [0.05, 0.1) is 27.8 Å². The minimum Gasteiger partial charge on any atom is -0.461 e. The van der Waals surface area contributed by atoms with E-state index in [2.05, 4.69) is 15.3 Å². The van der Waals surface area contributed by atoms with E-state index in [9.17, 15) is 14.9 Å². The summed E-state index contributed by atoms with van der Waals surface area (Å²) in [7, 11) is 0. The molecule has 0 aliphatic heterocycles. The third kappa shape index (κ3) is 3.88. The molecule has 0 saturated carbocycles. The van der Waals surface area contributed by atoms with Crippen molar-refractivity contribution in [3.63, 3.8) is 0 Å². The molecule has 162 valence electrons. The van der Waals surface area contributed by atoms with E-state index in [1.165, 1.54) is 28.9 Å². The predicted octanol–water partition coefficient (Wildman–Crippen LogP) is 5.18. The number of hydrogen-bond acceptors (Lipinski definition) is 7. The molecule has 0 bridgehead atoms. The van der Waals surface area contributed by atoms with Gasteiger partial charge in [-0.3, -0.25) is 15.1 Å². The number of fused-ring (bicyclic) bond motifs is 1. The lowest BCUT2D eigenvalue weighted by Crippen LogP contribution is -2.08. The number of aryl methyl sites for hydroxylation is 1. The summed E-state index contributed by atoms with van der Waals surface area (Å²) in [6, 6.07) is 10.7. The molecule has 0 saturated heterocycles. The number of aromatic nitrogens is 4. The number of pyridine rings is 1. The molecule has 2 aromatic heterocycles. The number of nitro benzene ring substituents is 1. The number of non-ortho nitro benzene ring substituents is 1. The van der Waals surface area contributed by atoms with E-state index in [-0.39, 0.29) is 18.0 Å². The highest BCUT2D eigenvalue weighted by atomic mass is 35.5. The first-order valence-electron chi connectivity index (χ1n) is 9.44. The summed E-state index contributed by atoms with van der Waals surface area (Å²) in [5.74, 6) is -0.670. The van der Waals surface area contributed by atoms with Gasteiger partial charge >= 0.3 is 5.97 Å². The van der Waals surface area contributed by atoms with E-state index in [1.807, 2.05) is 0 Å². The number of nitrogens with zero attached hydrogens (tertiary/aromatic N) is 5. The number of ether oxygens (including phenoxy) is 1. The molecule has 0 aliphatic rings. The van der Waals surface area contributed by atoms with E-state index < -0.39 is 10.9 Å². The Balaban J connectivity index is 2.02. The molecule has 0 atom stereocenters. The molecule has 2 heterocycles. The fourth-order valence-electron chi connectivity index (χ4n) is 3.35. The molecule has 0 fully saturated rings. The molecular weight excluding hydrogens is 457 g/mol. The summed E-state index contributed by atoms with van der Waals surface area (Å²) >= 11 is 12.6. The average molecular weight is 472 g/mol. The van der Waals surface area contributed by atoms with Gasteiger partial charge in [0.1, 0.15) is 5.69 Å². The van der Waals surface area contributed by atoms with Gasteiger partial charge in [0.25, 0.3) is 5.69 Å². The van der Waals surface area contributed by atoms with Crippen molar-refractivity contribution in [3.8, 4) is 16.9 Å². The molecule has 0 amide bonds. The van der Waals surface area contributed by atoms with Gasteiger partial charge in [0.15, 0.2) is 5.69 Å². The van der Waals surface area contributed by atoms with Crippen LogP contribution in [0.5, 0.6) is 0 Å². The predicted molar refractivity (Wildman–Crippen MR) is 119 cm³/mol. The highest BCUT2D eigenvalue weighted by molar-refractivity contribution is 6.39. The fourth-order valence-corrected chi connectivity index (χ4v) is 3.93. The second-order valence-corrected chi connectivity index (χ2v) is 7.63. The van der Waals surface area contributed by atoms with Crippen molar-refractivity contribution in [3.05, 3.63) is 74.0 Å². The minimum absolute atomic E-state index is 0.0339. The minimum atomic E-state index is -0.670. The van der Waals surface area contributed by atoms with Gasteiger partial charge in [-0.1, -0.05) is 28.4 Å². The van der Waals surface area contributed by atoms with Crippen molar-refractivity contribution >= 4 is 45.8 Å². The van der Waals surface area contributed by atoms with Crippen LogP contribution in [0.15, 0.2) is 42.5 Å². The summed E-state index contributed by atoms with van der Waals surface area (Å²) in [5, 5.41) is 20.6. The first kappa shape index (κ1) is 21.7. The van der Waals surface area contributed by atoms with Crippen molar-refractivity contribution in [1.29, 1.82) is 0 Å². The summed E-state index contributed by atoms with van der Waals surface area (Å²) < 4.78 is 6.58. The van der Waals surface area contributed by atoms with E-state index in [4.69, 9.17) is 27.9 Å². The van der Waals surface area contributed by atoms with Crippen LogP contribution in [-0.4, -0.2) is 37.5 Å². The second-order valence-electron chi connectivity index (χ2n) is 6.79. The lowest BCUT2D eigenvalue weighted by atomic mass is 10.1. The van der Waals surface area contributed by atoms with Crippen LogP contribution in [0.4, 0.5) is 5.69 Å². The largest absolute Gasteiger partial charge is 0.461 e. The Morgan fingerprint density at radius 2 is 1.91 bits per heavy atom. The maximum atomic E-state index is 12.6. The third-order valence-electron chi connectivity index (χ3n) is 4.65. The topological polar surface area (TPSA) is 113 Å². The molecule has 0 unspecified atom stereocenters. The molecule has 9 nitrogen and oxygen atoms in total. The zero-order valence-electron chi connectivity index (χ0n) is 16.9. The van der Waals surface area contributed by atoms with Crippen LogP contribution in [0.1, 0.15) is 23.1 Å². The molecular formula is C21H15Cl2N5O4. The Bertz CT molecular complexity index is 1360. The quantitative estimate of drug-likeness (QED) is 0.223. The Kier molecular flexibility index (Phi) is 5.77. The second kappa shape index (κ2) is 8.52. The molecule has 4 aromatic rings. The number of nitro groups is 1. The molecule has 32 heavy (non-hydrogen) atoms. The average Bonchev–Trinajstić information content (AvgIpc) is 3.18. The highest BCUT2D eigenvalue weighted by Crippen LogP contribution is 2.35. The van der Waals surface area contributed by atoms with Crippen LogP contribution >= 0.6 is 23.2 Å². The number of benzene rings is 2. The normalized spacial score (nSPS) is 11.0. The van der Waals surface area contributed by atoms with Crippen LogP contribution in [0.2, 0.25) is 10.0 Å². The van der Waals surface area contributed by atoms with Crippen LogP contribution in [0.3, 0.4) is 0 Å². The van der Waals surface area contributed by atoms with Gasteiger partial charge < -0.3 is 4.74 Å². The number of carbonyl (C=O) groups excluding carboxylic acids is 1. The van der Waals surface area contributed by atoms with Crippen LogP contribution in [0.25, 0.3) is 27.8 Å². The number of rotatable bonds is 5. The van der Waals surface area contributed by atoms with Crippen LogP contribution in [0, 0.1) is 17.0 Å². The number of carbonyl (C=O) groups is 1. The van der Waals surface area contributed by atoms with Crippen molar-refractivity contribution in [2.75, 3.05) is 6.61 Å². The van der Waals surface area contributed by atoms with Crippen LogP contribution < -0.4 is 0 Å². The Labute approximate surface area is 191 Å². The van der Waals surface area contributed by atoms with Gasteiger partial charge in [-0.25, -0.2) is 9.48 Å². The van der Waals surface area contributed by atoms with Gasteiger partial charge in [-0.2, -0.15) is 0 Å². The number of hydrogen-bond donors (Lipinski definition) is 0.